The number of likely N-dealkylation sites (N-methyl/N-ethyl adjacent to an activating group) is 1. The van der Waals surface area contributed by atoms with Crippen molar-refractivity contribution in [3.63, 3.8) is 0 Å². The van der Waals surface area contributed by atoms with E-state index in [1.54, 1.807) is 0 Å². The van der Waals surface area contributed by atoms with E-state index in [4.69, 9.17) is 9.31 Å². The van der Waals surface area contributed by atoms with Crippen LogP contribution in [0.5, 0.6) is 0 Å². The number of aryl methyl sites for hydroxylation is 2. The highest BCUT2D eigenvalue weighted by molar-refractivity contribution is 6.55. The summed E-state index contributed by atoms with van der Waals surface area (Å²) in [6.45, 7) is 13.1. The monoisotopic (exact) mass is 367 g/mol. The number of hydrogen-bond donors (Lipinski definition) is 1. The van der Waals surface area contributed by atoms with Crippen LogP contribution in [-0.4, -0.2) is 41.7 Å². The molecule has 0 unspecified atom stereocenters. The highest BCUT2D eigenvalue weighted by atomic mass is 16.7. The van der Waals surface area contributed by atoms with Gasteiger partial charge in [0, 0.05) is 12.2 Å². The molecular weight excluding hydrogens is 337 g/mol. The first-order chi connectivity index (χ1) is 12.6. The number of nitrogens with one attached hydrogen (secondary N) is 1. The molecule has 3 rings (SSSR count). The lowest BCUT2D eigenvalue weighted by Gasteiger charge is -2.32. The summed E-state index contributed by atoms with van der Waals surface area (Å²) in [6, 6.07) is 10.4. The van der Waals surface area contributed by atoms with Gasteiger partial charge in [-0.3, -0.25) is 0 Å². The summed E-state index contributed by atoms with van der Waals surface area (Å²) in [5, 5.41) is 7.82. The first-order valence-corrected chi connectivity index (χ1v) is 9.47. The van der Waals surface area contributed by atoms with Crippen LogP contribution >= 0.6 is 0 Å². The third-order valence-corrected chi connectivity index (χ3v) is 5.41. The minimum atomic E-state index is -0.361. The first kappa shape index (κ1) is 19.9. The summed E-state index contributed by atoms with van der Waals surface area (Å²) in [4.78, 5) is 0. The van der Waals surface area contributed by atoms with Crippen molar-refractivity contribution in [1.82, 2.24) is 15.1 Å². The van der Waals surface area contributed by atoms with Crippen LogP contribution in [0.15, 0.2) is 35.8 Å². The number of rotatable bonds is 5. The maximum atomic E-state index is 6.24. The molecule has 1 saturated heterocycles. The van der Waals surface area contributed by atoms with Gasteiger partial charge in [0.15, 0.2) is 0 Å². The van der Waals surface area contributed by atoms with E-state index in [1.807, 2.05) is 18.7 Å². The number of hydrogen-bond acceptors (Lipinski definition) is 4. The molecule has 0 radical (unpaired) electrons. The SMILES string of the molecule is CNCC(=Cc1cccc(-n2nc(C)cc2C)c1)B1OC(C)(C)C(C)(C)O1. The lowest BCUT2D eigenvalue weighted by Crippen LogP contribution is -2.41. The van der Waals surface area contributed by atoms with Crippen molar-refractivity contribution in [3.8, 4) is 5.69 Å². The maximum absolute atomic E-state index is 6.24. The molecule has 1 aliphatic rings. The topological polar surface area (TPSA) is 48.3 Å². The molecule has 2 heterocycles. The zero-order valence-electron chi connectivity index (χ0n) is 17.5. The van der Waals surface area contributed by atoms with Crippen molar-refractivity contribution in [2.45, 2.75) is 52.7 Å². The quantitative estimate of drug-likeness (QED) is 0.819. The predicted molar refractivity (Wildman–Crippen MR) is 111 cm³/mol. The fourth-order valence-electron chi connectivity index (χ4n) is 3.25. The van der Waals surface area contributed by atoms with Crippen LogP contribution in [0.3, 0.4) is 0 Å². The second-order valence-electron chi connectivity index (χ2n) is 8.27. The van der Waals surface area contributed by atoms with Gasteiger partial charge in [-0.25, -0.2) is 4.68 Å². The van der Waals surface area contributed by atoms with E-state index in [0.717, 1.165) is 28.1 Å². The van der Waals surface area contributed by atoms with Gasteiger partial charge in [0.1, 0.15) is 0 Å². The van der Waals surface area contributed by atoms with Crippen molar-refractivity contribution in [1.29, 1.82) is 0 Å². The molecule has 5 nitrogen and oxygen atoms in total. The Morgan fingerprint density at radius 1 is 1.15 bits per heavy atom. The van der Waals surface area contributed by atoms with Crippen molar-refractivity contribution >= 4 is 13.2 Å². The van der Waals surface area contributed by atoms with Crippen LogP contribution in [-0.2, 0) is 9.31 Å². The average Bonchev–Trinajstić information content (AvgIpc) is 3.02. The van der Waals surface area contributed by atoms with Crippen molar-refractivity contribution < 1.29 is 9.31 Å². The standard InChI is InChI=1S/C21H30BN3O2/c1-15-11-16(2)25(24-15)19-10-8-9-17(13-19)12-18(14-23-7)22-26-20(3,4)21(5,6)27-22/h8-13,23H,14H2,1-7H3. The van der Waals surface area contributed by atoms with Gasteiger partial charge in [0.2, 0.25) is 0 Å². The third-order valence-electron chi connectivity index (χ3n) is 5.41. The molecule has 6 heteroatoms. The van der Waals surface area contributed by atoms with Gasteiger partial charge >= 0.3 is 7.12 Å². The minimum absolute atomic E-state index is 0.351. The van der Waals surface area contributed by atoms with Gasteiger partial charge in [-0.2, -0.15) is 5.10 Å². The Kier molecular flexibility index (Phi) is 5.34. The summed E-state index contributed by atoms with van der Waals surface area (Å²) >= 11 is 0. The molecule has 0 saturated carbocycles. The van der Waals surface area contributed by atoms with E-state index < -0.39 is 0 Å². The molecule has 1 N–H and O–H groups in total. The summed E-state index contributed by atoms with van der Waals surface area (Å²) in [5.41, 5.74) is 4.65. The zero-order valence-corrected chi connectivity index (χ0v) is 17.5. The fraction of sp³-hybridized carbons (Fsp3) is 0.476. The Labute approximate surface area is 162 Å². The van der Waals surface area contributed by atoms with E-state index >= 15 is 0 Å². The molecular formula is C21H30BN3O2. The normalized spacial score (nSPS) is 18.9. The summed E-state index contributed by atoms with van der Waals surface area (Å²) in [5.74, 6) is 0. The van der Waals surface area contributed by atoms with Gasteiger partial charge in [-0.1, -0.05) is 18.2 Å². The Morgan fingerprint density at radius 3 is 2.37 bits per heavy atom. The Bertz CT molecular complexity index is 839. The number of benzene rings is 1. The average molecular weight is 367 g/mol. The van der Waals surface area contributed by atoms with E-state index in [1.165, 1.54) is 0 Å². The molecule has 1 aliphatic heterocycles. The Morgan fingerprint density at radius 2 is 1.81 bits per heavy atom. The highest BCUT2D eigenvalue weighted by Gasteiger charge is 2.52. The molecule has 2 aromatic rings. The van der Waals surface area contributed by atoms with Crippen LogP contribution in [0, 0.1) is 13.8 Å². The summed E-state index contributed by atoms with van der Waals surface area (Å²) in [7, 11) is 1.57. The van der Waals surface area contributed by atoms with Gasteiger partial charge in [0.25, 0.3) is 0 Å². The molecule has 1 aromatic carbocycles. The number of aromatic nitrogens is 2. The third kappa shape index (κ3) is 4.03. The Balaban J connectivity index is 1.93. The molecule has 0 atom stereocenters. The second kappa shape index (κ2) is 7.26. The van der Waals surface area contributed by atoms with Crippen molar-refractivity contribution in [2.75, 3.05) is 13.6 Å². The molecule has 0 amide bonds. The van der Waals surface area contributed by atoms with Gasteiger partial charge < -0.3 is 14.6 Å². The van der Waals surface area contributed by atoms with E-state index in [2.05, 4.69) is 81.4 Å². The van der Waals surface area contributed by atoms with Crippen LogP contribution in [0.25, 0.3) is 11.8 Å². The summed E-state index contributed by atoms with van der Waals surface area (Å²) in [6.07, 6.45) is 2.15. The molecule has 144 valence electrons. The second-order valence-corrected chi connectivity index (χ2v) is 8.27. The van der Waals surface area contributed by atoms with E-state index in [-0.39, 0.29) is 18.3 Å². The van der Waals surface area contributed by atoms with Crippen molar-refractivity contribution in [3.05, 3.63) is 52.8 Å². The van der Waals surface area contributed by atoms with Gasteiger partial charge in [0.05, 0.1) is 22.6 Å². The van der Waals surface area contributed by atoms with Crippen LogP contribution < -0.4 is 5.32 Å². The lowest BCUT2D eigenvalue weighted by atomic mass is 9.77. The number of nitrogens with zero attached hydrogens (tertiary/aromatic N) is 2. The van der Waals surface area contributed by atoms with Crippen molar-refractivity contribution in [2.24, 2.45) is 0 Å². The summed E-state index contributed by atoms with van der Waals surface area (Å²) < 4.78 is 14.5. The van der Waals surface area contributed by atoms with Gasteiger partial charge in [-0.15, -0.1) is 0 Å². The van der Waals surface area contributed by atoms with Crippen LogP contribution in [0.2, 0.25) is 0 Å². The first-order valence-electron chi connectivity index (χ1n) is 9.47. The van der Waals surface area contributed by atoms with Gasteiger partial charge in [-0.05, 0) is 77.8 Å². The molecule has 1 fully saturated rings. The zero-order chi connectivity index (χ0) is 19.8. The van der Waals surface area contributed by atoms with Crippen LogP contribution in [0.4, 0.5) is 0 Å². The van der Waals surface area contributed by atoms with Crippen LogP contribution in [0.1, 0.15) is 44.6 Å². The maximum Gasteiger partial charge on any atom is 0.491 e. The smallest absolute Gasteiger partial charge is 0.400 e. The fourth-order valence-corrected chi connectivity index (χ4v) is 3.25. The Hall–Kier alpha value is -1.89. The molecule has 27 heavy (non-hydrogen) atoms. The molecule has 0 aliphatic carbocycles. The van der Waals surface area contributed by atoms with E-state index in [0.29, 0.717) is 6.54 Å². The van der Waals surface area contributed by atoms with E-state index in [9.17, 15) is 0 Å². The molecule has 1 aromatic heterocycles. The lowest BCUT2D eigenvalue weighted by molar-refractivity contribution is 0.00578. The highest BCUT2D eigenvalue weighted by Crippen LogP contribution is 2.38. The largest absolute Gasteiger partial charge is 0.491 e. The minimum Gasteiger partial charge on any atom is -0.400 e. The predicted octanol–water partition coefficient (Wildman–Crippen LogP) is 3.72. The molecule has 0 spiro atoms. The molecule has 0 bridgehead atoms.